The molecule has 0 fully saturated rings. The summed E-state index contributed by atoms with van der Waals surface area (Å²) in [6, 6.07) is 9.30. The molecule has 1 aromatic carbocycles. The Labute approximate surface area is 128 Å². The van der Waals surface area contributed by atoms with E-state index in [-0.39, 0.29) is 5.91 Å². The third-order valence-corrected chi connectivity index (χ3v) is 5.94. The van der Waals surface area contributed by atoms with Gasteiger partial charge in [0.1, 0.15) is 0 Å². The van der Waals surface area contributed by atoms with Gasteiger partial charge >= 0.3 is 0 Å². The summed E-state index contributed by atoms with van der Waals surface area (Å²) in [7, 11) is 0. The van der Waals surface area contributed by atoms with E-state index in [2.05, 4.69) is 53.1 Å². The zero-order valence-electron chi connectivity index (χ0n) is 8.34. The van der Waals surface area contributed by atoms with E-state index in [1.807, 2.05) is 24.3 Å². The third kappa shape index (κ3) is 3.19. The monoisotopic (exact) mass is 437 g/mol. The van der Waals surface area contributed by atoms with Gasteiger partial charge in [0.25, 0.3) is 5.91 Å². The minimum atomic E-state index is -0.117. The number of hydrogen-bond acceptors (Lipinski definition) is 2. The summed E-state index contributed by atoms with van der Waals surface area (Å²) in [6.45, 7) is 0. The fourth-order valence-electron chi connectivity index (χ4n) is 1.20. The molecule has 1 amide bonds. The molecule has 2 nitrogen and oxygen atoms in total. The molecule has 2 rings (SSSR count). The number of carbonyl (C=O) groups is 1. The van der Waals surface area contributed by atoms with Crippen molar-refractivity contribution in [1.29, 1.82) is 0 Å². The molecule has 0 aliphatic heterocycles. The van der Waals surface area contributed by atoms with Gasteiger partial charge in [-0.15, -0.1) is 11.3 Å². The van der Waals surface area contributed by atoms with Crippen LogP contribution in [0, 0.1) is 0 Å². The Balaban J connectivity index is 2.20. The zero-order valence-corrected chi connectivity index (χ0v) is 13.9. The average Bonchev–Trinajstić information content (AvgIpc) is 2.63. The fraction of sp³-hybridized carbons (Fsp3) is 0. The minimum Gasteiger partial charge on any atom is -0.320 e. The van der Waals surface area contributed by atoms with Crippen molar-refractivity contribution in [2.24, 2.45) is 0 Å². The van der Waals surface area contributed by atoms with Crippen LogP contribution in [-0.2, 0) is 0 Å². The number of para-hydroxylation sites is 1. The Bertz CT molecular complexity index is 548. The molecule has 1 aromatic heterocycles. The number of halogens is 3. The van der Waals surface area contributed by atoms with Gasteiger partial charge in [0.15, 0.2) is 0 Å². The van der Waals surface area contributed by atoms with Crippen LogP contribution < -0.4 is 5.32 Å². The predicted molar refractivity (Wildman–Crippen MR) is 81.8 cm³/mol. The highest BCUT2D eigenvalue weighted by Crippen LogP contribution is 2.33. The molecule has 0 radical (unpaired) electrons. The average molecular weight is 440 g/mol. The Hall–Kier alpha value is -0.170. The van der Waals surface area contributed by atoms with E-state index in [1.165, 1.54) is 11.3 Å². The lowest BCUT2D eigenvalue weighted by molar-refractivity contribution is 0.103. The van der Waals surface area contributed by atoms with Crippen molar-refractivity contribution >= 4 is 70.7 Å². The van der Waals surface area contributed by atoms with Crippen molar-refractivity contribution < 1.29 is 4.79 Å². The van der Waals surface area contributed by atoms with Crippen LogP contribution in [0.15, 0.2) is 43.1 Å². The normalized spacial score (nSPS) is 10.3. The topological polar surface area (TPSA) is 29.1 Å². The number of nitrogens with one attached hydrogen (secondary N) is 1. The summed E-state index contributed by atoms with van der Waals surface area (Å²) < 4.78 is 2.66. The summed E-state index contributed by atoms with van der Waals surface area (Å²) in [6.07, 6.45) is 0. The highest BCUT2D eigenvalue weighted by atomic mass is 79.9. The Kier molecular flexibility index (Phi) is 4.41. The summed E-state index contributed by atoms with van der Waals surface area (Å²) in [5, 5.41) is 2.85. The van der Waals surface area contributed by atoms with E-state index < -0.39 is 0 Å². The lowest BCUT2D eigenvalue weighted by Crippen LogP contribution is -2.10. The van der Waals surface area contributed by atoms with Crippen LogP contribution in [0.2, 0.25) is 0 Å². The van der Waals surface area contributed by atoms with E-state index >= 15 is 0 Å². The molecule has 88 valence electrons. The first kappa shape index (κ1) is 13.3. The van der Waals surface area contributed by atoms with Gasteiger partial charge < -0.3 is 5.32 Å². The lowest BCUT2D eigenvalue weighted by atomic mass is 10.3. The molecule has 6 heteroatoms. The molecule has 0 saturated carbocycles. The Morgan fingerprint density at radius 3 is 2.41 bits per heavy atom. The summed E-state index contributed by atoms with van der Waals surface area (Å²) in [5.41, 5.74) is 0.762. The first-order chi connectivity index (χ1) is 8.08. The van der Waals surface area contributed by atoms with Crippen LogP contribution in [0.4, 0.5) is 5.69 Å². The summed E-state index contributed by atoms with van der Waals surface area (Å²) >= 11 is 11.5. The highest BCUT2D eigenvalue weighted by molar-refractivity contribution is 9.13. The molecule has 0 unspecified atom stereocenters. The molecular formula is C11H6Br3NOS. The van der Waals surface area contributed by atoms with Crippen molar-refractivity contribution in [1.82, 2.24) is 0 Å². The molecule has 0 aliphatic carbocycles. The number of rotatable bonds is 2. The van der Waals surface area contributed by atoms with Crippen LogP contribution in [0.1, 0.15) is 9.67 Å². The van der Waals surface area contributed by atoms with Crippen LogP contribution in [0.5, 0.6) is 0 Å². The van der Waals surface area contributed by atoms with Crippen molar-refractivity contribution in [2.75, 3.05) is 5.32 Å². The minimum absolute atomic E-state index is 0.117. The fourth-order valence-corrected chi connectivity index (χ4v) is 3.52. The first-order valence-electron chi connectivity index (χ1n) is 4.58. The van der Waals surface area contributed by atoms with Gasteiger partial charge in [-0.2, -0.15) is 0 Å². The number of amides is 1. The summed E-state index contributed by atoms with van der Waals surface area (Å²) in [5.74, 6) is -0.117. The van der Waals surface area contributed by atoms with E-state index in [0.29, 0.717) is 4.88 Å². The number of benzene rings is 1. The molecule has 0 saturated heterocycles. The van der Waals surface area contributed by atoms with Gasteiger partial charge in [-0.3, -0.25) is 4.79 Å². The molecule has 17 heavy (non-hydrogen) atoms. The number of thiophene rings is 1. The molecule has 0 atom stereocenters. The van der Waals surface area contributed by atoms with Gasteiger partial charge in [0.2, 0.25) is 0 Å². The smallest absolute Gasteiger partial charge is 0.265 e. The zero-order chi connectivity index (χ0) is 12.4. The largest absolute Gasteiger partial charge is 0.320 e. The molecule has 2 aromatic rings. The van der Waals surface area contributed by atoms with Gasteiger partial charge in [0.05, 0.1) is 14.4 Å². The highest BCUT2D eigenvalue weighted by Gasteiger charge is 2.12. The first-order valence-corrected chi connectivity index (χ1v) is 7.78. The third-order valence-electron chi connectivity index (χ3n) is 1.99. The van der Waals surface area contributed by atoms with Crippen molar-refractivity contribution in [3.05, 3.63) is 47.9 Å². The maximum Gasteiger partial charge on any atom is 0.265 e. The van der Waals surface area contributed by atoms with Crippen LogP contribution in [0.3, 0.4) is 0 Å². The van der Waals surface area contributed by atoms with E-state index in [1.54, 1.807) is 6.07 Å². The molecular weight excluding hydrogens is 434 g/mol. The molecule has 0 spiro atoms. The maximum absolute atomic E-state index is 12.0. The van der Waals surface area contributed by atoms with Crippen molar-refractivity contribution in [3.63, 3.8) is 0 Å². The SMILES string of the molecule is O=C(Nc1ccccc1Br)c1cc(Br)c(Br)s1. The van der Waals surface area contributed by atoms with Gasteiger partial charge in [-0.25, -0.2) is 0 Å². The standard InChI is InChI=1S/C11H6Br3NOS/c12-6-3-1-2-4-8(6)15-11(16)9-5-7(13)10(14)17-9/h1-5H,(H,15,16). The predicted octanol–water partition coefficient (Wildman–Crippen LogP) is 5.29. The molecule has 1 heterocycles. The van der Waals surface area contributed by atoms with Gasteiger partial charge in [0, 0.05) is 8.95 Å². The molecule has 1 N–H and O–H groups in total. The Morgan fingerprint density at radius 1 is 1.12 bits per heavy atom. The number of anilines is 1. The van der Waals surface area contributed by atoms with Crippen molar-refractivity contribution in [3.8, 4) is 0 Å². The second-order valence-corrected chi connectivity index (χ2v) is 7.25. The van der Waals surface area contributed by atoms with E-state index in [4.69, 9.17) is 0 Å². The summed E-state index contributed by atoms with van der Waals surface area (Å²) in [4.78, 5) is 12.6. The van der Waals surface area contributed by atoms with E-state index in [9.17, 15) is 4.79 Å². The van der Waals surface area contributed by atoms with Crippen LogP contribution >= 0.6 is 59.1 Å². The van der Waals surface area contributed by atoms with Crippen LogP contribution in [0.25, 0.3) is 0 Å². The van der Waals surface area contributed by atoms with Crippen molar-refractivity contribution in [2.45, 2.75) is 0 Å². The second kappa shape index (κ2) is 5.65. The Morgan fingerprint density at radius 2 is 1.82 bits per heavy atom. The molecule has 0 aliphatic rings. The second-order valence-electron chi connectivity index (χ2n) is 3.17. The molecule has 0 bridgehead atoms. The lowest BCUT2D eigenvalue weighted by Gasteiger charge is -2.05. The van der Waals surface area contributed by atoms with E-state index in [0.717, 1.165) is 18.4 Å². The van der Waals surface area contributed by atoms with Gasteiger partial charge in [-0.05, 0) is 66.0 Å². The van der Waals surface area contributed by atoms with Gasteiger partial charge in [-0.1, -0.05) is 12.1 Å². The quantitative estimate of drug-likeness (QED) is 0.677. The van der Waals surface area contributed by atoms with Crippen LogP contribution in [-0.4, -0.2) is 5.91 Å². The number of carbonyl (C=O) groups excluding carboxylic acids is 1. The maximum atomic E-state index is 12.0. The number of hydrogen-bond donors (Lipinski definition) is 1.